The second-order valence-corrected chi connectivity index (χ2v) is 3.33. The Labute approximate surface area is 68.1 Å². The summed E-state index contributed by atoms with van der Waals surface area (Å²) in [6.07, 6.45) is 2.21. The minimum atomic E-state index is 0.0613. The van der Waals surface area contributed by atoms with E-state index in [2.05, 4.69) is 0 Å². The molecule has 4 heteroatoms. The highest BCUT2D eigenvalue weighted by Crippen LogP contribution is 2.03. The van der Waals surface area contributed by atoms with E-state index in [1.807, 2.05) is 12.3 Å². The number of hydrogen-bond acceptors (Lipinski definition) is 3. The van der Waals surface area contributed by atoms with Gasteiger partial charge < -0.3 is 0 Å². The molecular formula is C6H7NOS2. The van der Waals surface area contributed by atoms with Crippen LogP contribution in [0.25, 0.3) is 0 Å². The normalized spacial score (nSPS) is 9.70. The topological polar surface area (TPSA) is 22.0 Å². The summed E-state index contributed by atoms with van der Waals surface area (Å²) in [5, 5.41) is 1.82. The van der Waals surface area contributed by atoms with E-state index in [0.29, 0.717) is 10.4 Å². The van der Waals surface area contributed by atoms with Crippen LogP contribution in [-0.4, -0.2) is 10.5 Å². The van der Waals surface area contributed by atoms with Gasteiger partial charge in [0.1, 0.15) is 0 Å². The Morgan fingerprint density at radius 1 is 1.90 bits per heavy atom. The molecule has 0 unspecified atom stereocenters. The molecule has 1 aromatic rings. The first-order valence-corrected chi connectivity index (χ1v) is 4.24. The first-order chi connectivity index (χ1) is 4.75. The lowest BCUT2D eigenvalue weighted by Crippen LogP contribution is -2.06. The Morgan fingerprint density at radius 2 is 2.60 bits per heavy atom. The summed E-state index contributed by atoms with van der Waals surface area (Å²) >= 11 is 6.29. The fraction of sp³-hybridized carbons (Fsp3) is 0.333. The van der Waals surface area contributed by atoms with Crippen LogP contribution >= 0.6 is 23.6 Å². The smallest absolute Gasteiger partial charge is 0.232 e. The van der Waals surface area contributed by atoms with Crippen LogP contribution in [0, 0.1) is 3.95 Å². The van der Waals surface area contributed by atoms with Crippen molar-refractivity contribution < 1.29 is 4.79 Å². The maximum absolute atomic E-state index is 11.0. The van der Waals surface area contributed by atoms with E-state index < -0.39 is 0 Å². The molecule has 54 valence electrons. The summed E-state index contributed by atoms with van der Waals surface area (Å²) in [6, 6.07) is 0. The summed E-state index contributed by atoms with van der Waals surface area (Å²) in [4.78, 5) is 11.0. The quantitative estimate of drug-likeness (QED) is 0.608. The minimum absolute atomic E-state index is 0.0613. The van der Waals surface area contributed by atoms with E-state index in [9.17, 15) is 4.79 Å². The summed E-state index contributed by atoms with van der Waals surface area (Å²) in [7, 11) is 0. The molecule has 0 spiro atoms. The Balaban J connectivity index is 3.05. The molecule has 0 saturated heterocycles. The molecule has 1 rings (SSSR count). The van der Waals surface area contributed by atoms with Gasteiger partial charge in [-0.15, -0.1) is 11.3 Å². The Morgan fingerprint density at radius 3 is 3.00 bits per heavy atom. The summed E-state index contributed by atoms with van der Waals surface area (Å²) < 4.78 is 2.13. The van der Waals surface area contributed by atoms with Crippen molar-refractivity contribution in [2.45, 2.75) is 13.3 Å². The molecule has 0 N–H and O–H groups in total. The van der Waals surface area contributed by atoms with Gasteiger partial charge >= 0.3 is 0 Å². The molecule has 0 fully saturated rings. The van der Waals surface area contributed by atoms with Crippen molar-refractivity contribution in [3.8, 4) is 0 Å². The number of hydrogen-bond donors (Lipinski definition) is 0. The van der Waals surface area contributed by atoms with Gasteiger partial charge in [0, 0.05) is 18.0 Å². The third-order valence-electron chi connectivity index (χ3n) is 1.15. The predicted molar refractivity (Wildman–Crippen MR) is 44.1 cm³/mol. The highest BCUT2D eigenvalue weighted by atomic mass is 32.1. The molecule has 0 radical (unpaired) electrons. The average molecular weight is 173 g/mol. The van der Waals surface area contributed by atoms with Gasteiger partial charge in [-0.05, 0) is 12.2 Å². The molecule has 1 aromatic heterocycles. The van der Waals surface area contributed by atoms with E-state index >= 15 is 0 Å². The van der Waals surface area contributed by atoms with Crippen LogP contribution in [0.15, 0.2) is 11.6 Å². The molecule has 0 aliphatic carbocycles. The SMILES string of the molecule is CCC(=O)n1ccsc1=S. The molecule has 10 heavy (non-hydrogen) atoms. The molecule has 0 aliphatic heterocycles. The first-order valence-electron chi connectivity index (χ1n) is 2.95. The fourth-order valence-electron chi connectivity index (χ4n) is 0.622. The Hall–Kier alpha value is -0.480. The van der Waals surface area contributed by atoms with Gasteiger partial charge in [-0.1, -0.05) is 6.92 Å². The third-order valence-corrected chi connectivity index (χ3v) is 2.29. The summed E-state index contributed by atoms with van der Waals surface area (Å²) in [5.41, 5.74) is 0. The van der Waals surface area contributed by atoms with Crippen LogP contribution < -0.4 is 0 Å². The van der Waals surface area contributed by atoms with Crippen molar-refractivity contribution >= 4 is 29.5 Å². The maximum Gasteiger partial charge on any atom is 0.232 e. The number of aromatic nitrogens is 1. The predicted octanol–water partition coefficient (Wildman–Crippen LogP) is 2.33. The van der Waals surface area contributed by atoms with Crippen molar-refractivity contribution in [2.24, 2.45) is 0 Å². The molecule has 0 aromatic carbocycles. The zero-order valence-corrected chi connectivity index (χ0v) is 7.17. The summed E-state index contributed by atoms with van der Waals surface area (Å²) in [6.45, 7) is 1.82. The van der Waals surface area contributed by atoms with Crippen molar-refractivity contribution in [1.29, 1.82) is 0 Å². The molecule has 0 atom stereocenters. The molecular weight excluding hydrogens is 166 g/mol. The van der Waals surface area contributed by atoms with Gasteiger partial charge in [0.25, 0.3) is 0 Å². The number of rotatable bonds is 1. The maximum atomic E-state index is 11.0. The van der Waals surface area contributed by atoms with Crippen LogP contribution in [0.3, 0.4) is 0 Å². The van der Waals surface area contributed by atoms with E-state index in [1.54, 1.807) is 6.20 Å². The number of carbonyl (C=O) groups is 1. The molecule has 2 nitrogen and oxygen atoms in total. The Bertz CT molecular complexity index is 286. The molecule has 0 aliphatic rings. The van der Waals surface area contributed by atoms with Crippen molar-refractivity contribution in [1.82, 2.24) is 4.57 Å². The van der Waals surface area contributed by atoms with E-state index in [0.717, 1.165) is 0 Å². The van der Waals surface area contributed by atoms with Gasteiger partial charge in [0.15, 0.2) is 3.95 Å². The van der Waals surface area contributed by atoms with E-state index in [4.69, 9.17) is 12.2 Å². The lowest BCUT2D eigenvalue weighted by atomic mass is 10.4. The highest BCUT2D eigenvalue weighted by Gasteiger charge is 2.00. The Kier molecular flexibility index (Phi) is 2.34. The molecule has 0 saturated carbocycles. The van der Waals surface area contributed by atoms with Crippen molar-refractivity contribution in [3.05, 3.63) is 15.5 Å². The zero-order chi connectivity index (χ0) is 7.56. The average Bonchev–Trinajstić information content (AvgIpc) is 2.34. The summed E-state index contributed by atoms with van der Waals surface area (Å²) in [5.74, 6) is 0.0613. The van der Waals surface area contributed by atoms with Crippen LogP contribution in [0.4, 0.5) is 0 Å². The third kappa shape index (κ3) is 1.33. The van der Waals surface area contributed by atoms with Gasteiger partial charge in [0.05, 0.1) is 0 Å². The van der Waals surface area contributed by atoms with E-state index in [-0.39, 0.29) is 5.91 Å². The number of carbonyl (C=O) groups excluding carboxylic acids is 1. The highest BCUT2D eigenvalue weighted by molar-refractivity contribution is 7.73. The van der Waals surface area contributed by atoms with Crippen LogP contribution in [0.5, 0.6) is 0 Å². The molecule has 1 heterocycles. The lowest BCUT2D eigenvalue weighted by molar-refractivity contribution is 0.0908. The van der Waals surface area contributed by atoms with Gasteiger partial charge in [-0.2, -0.15) is 0 Å². The zero-order valence-electron chi connectivity index (χ0n) is 5.53. The van der Waals surface area contributed by atoms with Crippen molar-refractivity contribution in [3.63, 3.8) is 0 Å². The lowest BCUT2D eigenvalue weighted by Gasteiger charge is -1.93. The molecule has 0 amide bonds. The monoisotopic (exact) mass is 173 g/mol. The van der Waals surface area contributed by atoms with Gasteiger partial charge in [-0.25, -0.2) is 0 Å². The largest absolute Gasteiger partial charge is 0.274 e. The fourth-order valence-corrected chi connectivity index (χ4v) is 1.53. The number of nitrogens with zero attached hydrogens (tertiary/aromatic N) is 1. The van der Waals surface area contributed by atoms with Crippen molar-refractivity contribution in [2.75, 3.05) is 0 Å². The first kappa shape index (κ1) is 7.63. The van der Waals surface area contributed by atoms with E-state index in [1.165, 1.54) is 15.9 Å². The van der Waals surface area contributed by atoms with Crippen LogP contribution in [0.2, 0.25) is 0 Å². The standard InChI is InChI=1S/C6H7NOS2/c1-2-5(8)7-3-4-10-6(7)9/h3-4H,2H2,1H3. The number of thiazole rings is 1. The van der Waals surface area contributed by atoms with Crippen LogP contribution in [0.1, 0.15) is 18.1 Å². The minimum Gasteiger partial charge on any atom is -0.274 e. The molecule has 0 bridgehead atoms. The second kappa shape index (κ2) is 3.07. The van der Waals surface area contributed by atoms with Gasteiger partial charge in [0.2, 0.25) is 5.91 Å². The second-order valence-electron chi connectivity index (χ2n) is 1.79. The van der Waals surface area contributed by atoms with Gasteiger partial charge in [-0.3, -0.25) is 9.36 Å². The van der Waals surface area contributed by atoms with Crippen LogP contribution in [-0.2, 0) is 0 Å².